The minimum absolute atomic E-state index is 0.135. The highest BCUT2D eigenvalue weighted by atomic mass is 79.9. The van der Waals surface area contributed by atoms with Crippen LogP contribution >= 0.6 is 31.9 Å². The molecular formula is C27H26Br2FN3O4. The van der Waals surface area contributed by atoms with Crippen LogP contribution < -0.4 is 20.2 Å². The third-order valence-corrected chi connectivity index (χ3v) is 6.41. The summed E-state index contributed by atoms with van der Waals surface area (Å²) in [4.78, 5) is 25.2. The van der Waals surface area contributed by atoms with Crippen molar-refractivity contribution in [2.24, 2.45) is 11.0 Å². The third-order valence-electron chi connectivity index (χ3n) is 5.29. The lowest BCUT2D eigenvalue weighted by molar-refractivity contribution is -0.123. The minimum Gasteiger partial charge on any atom is -0.493 e. The van der Waals surface area contributed by atoms with Gasteiger partial charge in [-0.2, -0.15) is 5.10 Å². The number of amides is 2. The van der Waals surface area contributed by atoms with Gasteiger partial charge >= 0.3 is 0 Å². The molecule has 0 saturated carbocycles. The van der Waals surface area contributed by atoms with Gasteiger partial charge in [0.1, 0.15) is 18.5 Å². The smallest absolute Gasteiger partial charge is 0.262 e. The van der Waals surface area contributed by atoms with Gasteiger partial charge in [-0.25, -0.2) is 9.82 Å². The van der Waals surface area contributed by atoms with Crippen molar-refractivity contribution in [1.82, 2.24) is 10.7 Å². The normalized spacial score (nSPS) is 11.9. The molecule has 0 aliphatic carbocycles. The number of hydrogen-bond donors (Lipinski definition) is 2. The van der Waals surface area contributed by atoms with Crippen molar-refractivity contribution in [3.8, 4) is 11.5 Å². The Morgan fingerprint density at radius 2 is 1.78 bits per heavy atom. The van der Waals surface area contributed by atoms with Gasteiger partial charge in [-0.1, -0.05) is 54.0 Å². The quantitative estimate of drug-likeness (QED) is 0.217. The number of carbonyl (C=O) groups excluding carboxylic acids is 2. The second-order valence-electron chi connectivity index (χ2n) is 8.36. The lowest BCUT2D eigenvalue weighted by atomic mass is 10.0. The van der Waals surface area contributed by atoms with Crippen LogP contribution in [0.25, 0.3) is 0 Å². The molecule has 0 aliphatic heterocycles. The SMILES string of the molecule is COc1cc(C=NNC(=O)C(NC(=O)c2ccccc2F)C(C)C)cc(Br)c1OCc1ccc(Br)cc1. The molecule has 1 atom stereocenters. The molecule has 1 unspecified atom stereocenters. The van der Waals surface area contributed by atoms with Gasteiger partial charge in [-0.05, 0) is 69.4 Å². The maximum Gasteiger partial charge on any atom is 0.262 e. The summed E-state index contributed by atoms with van der Waals surface area (Å²) in [5.41, 5.74) is 3.93. The Morgan fingerprint density at radius 1 is 1.08 bits per heavy atom. The highest BCUT2D eigenvalue weighted by Crippen LogP contribution is 2.37. The van der Waals surface area contributed by atoms with Crippen molar-refractivity contribution in [3.63, 3.8) is 0 Å². The third kappa shape index (κ3) is 7.87. The van der Waals surface area contributed by atoms with E-state index in [2.05, 4.69) is 47.7 Å². The number of halogens is 3. The molecule has 0 radical (unpaired) electrons. The lowest BCUT2D eigenvalue weighted by Crippen LogP contribution is -2.48. The summed E-state index contributed by atoms with van der Waals surface area (Å²) in [6.07, 6.45) is 1.44. The zero-order valence-electron chi connectivity index (χ0n) is 20.4. The average molecular weight is 635 g/mol. The number of hydrogen-bond acceptors (Lipinski definition) is 5. The monoisotopic (exact) mass is 633 g/mol. The molecule has 0 saturated heterocycles. The van der Waals surface area contributed by atoms with Gasteiger partial charge < -0.3 is 14.8 Å². The summed E-state index contributed by atoms with van der Waals surface area (Å²) in [5, 5.41) is 6.59. The molecule has 0 heterocycles. The number of carbonyl (C=O) groups is 2. The molecule has 3 rings (SSSR count). The van der Waals surface area contributed by atoms with E-state index in [1.807, 2.05) is 24.3 Å². The molecule has 7 nitrogen and oxygen atoms in total. The molecule has 194 valence electrons. The Bertz CT molecular complexity index is 1280. The first-order valence-electron chi connectivity index (χ1n) is 11.3. The second kappa shape index (κ2) is 13.3. The van der Waals surface area contributed by atoms with Crippen LogP contribution in [0.5, 0.6) is 11.5 Å². The maximum atomic E-state index is 13.9. The van der Waals surface area contributed by atoms with Crippen molar-refractivity contribution in [3.05, 3.63) is 92.1 Å². The van der Waals surface area contributed by atoms with E-state index in [9.17, 15) is 14.0 Å². The lowest BCUT2D eigenvalue weighted by Gasteiger charge is -2.20. The molecule has 0 aromatic heterocycles. The van der Waals surface area contributed by atoms with Crippen molar-refractivity contribution < 1.29 is 23.5 Å². The minimum atomic E-state index is -0.917. The van der Waals surface area contributed by atoms with Gasteiger partial charge in [0, 0.05) is 4.47 Å². The van der Waals surface area contributed by atoms with Crippen LogP contribution in [-0.4, -0.2) is 31.2 Å². The number of rotatable bonds is 10. The fourth-order valence-corrected chi connectivity index (χ4v) is 4.17. The fourth-order valence-electron chi connectivity index (χ4n) is 3.33. The van der Waals surface area contributed by atoms with E-state index in [1.165, 1.54) is 31.5 Å². The molecule has 2 N–H and O–H groups in total. The first-order chi connectivity index (χ1) is 17.7. The Hall–Kier alpha value is -3.24. The zero-order chi connectivity index (χ0) is 26.9. The molecule has 0 fully saturated rings. The number of nitrogens with one attached hydrogen (secondary N) is 2. The summed E-state index contributed by atoms with van der Waals surface area (Å²) in [6.45, 7) is 3.88. The molecule has 3 aromatic carbocycles. The summed E-state index contributed by atoms with van der Waals surface area (Å²) < 4.78 is 27.0. The summed E-state index contributed by atoms with van der Waals surface area (Å²) >= 11 is 6.91. The first-order valence-corrected chi connectivity index (χ1v) is 12.9. The molecule has 3 aromatic rings. The van der Waals surface area contributed by atoms with Crippen LogP contribution in [0.15, 0.2) is 74.7 Å². The predicted octanol–water partition coefficient (Wildman–Crippen LogP) is 5.84. The van der Waals surface area contributed by atoms with Crippen molar-refractivity contribution in [1.29, 1.82) is 0 Å². The standard InChI is InChI=1S/C27H26Br2FN3O4/c1-16(2)24(32-26(34)20-6-4-5-7-22(20)30)27(35)33-31-14-18-12-21(29)25(23(13-18)36-3)37-15-17-8-10-19(28)11-9-17/h4-14,16,24H,15H2,1-3H3,(H,32,34)(H,33,35). The highest BCUT2D eigenvalue weighted by molar-refractivity contribution is 9.10. The summed E-state index contributed by atoms with van der Waals surface area (Å²) in [5.74, 6) is -1.12. The number of ether oxygens (including phenoxy) is 2. The van der Waals surface area contributed by atoms with Gasteiger partial charge in [0.15, 0.2) is 11.5 Å². The number of benzene rings is 3. The molecule has 37 heavy (non-hydrogen) atoms. The molecule has 2 amide bonds. The van der Waals surface area contributed by atoms with Gasteiger partial charge in [-0.3, -0.25) is 9.59 Å². The van der Waals surface area contributed by atoms with E-state index in [1.54, 1.807) is 32.0 Å². The van der Waals surface area contributed by atoms with Crippen LogP contribution in [0.2, 0.25) is 0 Å². The van der Waals surface area contributed by atoms with Crippen molar-refractivity contribution >= 4 is 49.9 Å². The largest absolute Gasteiger partial charge is 0.493 e. The van der Waals surface area contributed by atoms with Crippen molar-refractivity contribution in [2.45, 2.75) is 26.5 Å². The van der Waals surface area contributed by atoms with Gasteiger partial charge in [0.2, 0.25) is 0 Å². The molecule has 0 spiro atoms. The van der Waals surface area contributed by atoms with Gasteiger partial charge in [-0.15, -0.1) is 0 Å². The summed E-state index contributed by atoms with van der Waals surface area (Å²) in [6, 6.07) is 15.9. The number of nitrogens with zero attached hydrogens (tertiary/aromatic N) is 1. The van der Waals surface area contributed by atoms with E-state index >= 15 is 0 Å². The number of hydrazone groups is 1. The molecule has 0 bridgehead atoms. The number of methoxy groups -OCH3 is 1. The van der Waals surface area contributed by atoms with Crippen LogP contribution in [-0.2, 0) is 11.4 Å². The van der Waals surface area contributed by atoms with Gasteiger partial charge in [0.25, 0.3) is 11.8 Å². The van der Waals surface area contributed by atoms with Gasteiger partial charge in [0.05, 0.1) is 23.4 Å². The first kappa shape index (κ1) is 28.3. The average Bonchev–Trinajstić information content (AvgIpc) is 2.87. The van der Waals surface area contributed by atoms with Crippen LogP contribution in [0.1, 0.15) is 35.3 Å². The van der Waals surface area contributed by atoms with E-state index in [-0.39, 0.29) is 11.5 Å². The van der Waals surface area contributed by atoms with Crippen molar-refractivity contribution in [2.75, 3.05) is 7.11 Å². The van der Waals surface area contributed by atoms with E-state index in [0.717, 1.165) is 10.0 Å². The van der Waals surface area contributed by atoms with Crippen LogP contribution in [0, 0.1) is 11.7 Å². The topological polar surface area (TPSA) is 89.0 Å². The Balaban J connectivity index is 1.66. The van der Waals surface area contributed by atoms with Crippen LogP contribution in [0.4, 0.5) is 4.39 Å². The highest BCUT2D eigenvalue weighted by Gasteiger charge is 2.25. The van der Waals surface area contributed by atoms with Crippen LogP contribution in [0.3, 0.4) is 0 Å². The summed E-state index contributed by atoms with van der Waals surface area (Å²) in [7, 11) is 1.53. The fraction of sp³-hybridized carbons (Fsp3) is 0.222. The van der Waals surface area contributed by atoms with E-state index in [4.69, 9.17) is 9.47 Å². The second-order valence-corrected chi connectivity index (χ2v) is 10.1. The predicted molar refractivity (Wildman–Crippen MR) is 147 cm³/mol. The zero-order valence-corrected chi connectivity index (χ0v) is 23.6. The Labute approximate surface area is 231 Å². The molecule has 0 aliphatic rings. The molecule has 10 heteroatoms. The Kier molecular flexibility index (Phi) is 10.2. The van der Waals surface area contributed by atoms with E-state index in [0.29, 0.717) is 28.1 Å². The Morgan fingerprint density at radius 3 is 2.43 bits per heavy atom. The van der Waals surface area contributed by atoms with E-state index < -0.39 is 23.7 Å². The molecular weight excluding hydrogens is 609 g/mol. The maximum absolute atomic E-state index is 13.9.